The molecule has 10 nitrogen and oxygen atoms in total. The minimum Gasteiger partial charge on any atom is -0.465 e. The molecule has 0 fully saturated rings. The molecule has 32 heavy (non-hydrogen) atoms. The summed E-state index contributed by atoms with van der Waals surface area (Å²) in [6.45, 7) is 5.55. The lowest BCUT2D eigenvalue weighted by Gasteiger charge is -2.08. The maximum absolute atomic E-state index is 12.6. The number of anilines is 1. The van der Waals surface area contributed by atoms with Crippen LogP contribution in [-0.4, -0.2) is 58.0 Å². The van der Waals surface area contributed by atoms with Crippen LogP contribution in [0.15, 0.2) is 23.4 Å². The highest BCUT2D eigenvalue weighted by Gasteiger charge is 2.27. The molecule has 0 spiro atoms. The summed E-state index contributed by atoms with van der Waals surface area (Å²) in [5.41, 5.74) is 3.43. The Morgan fingerprint density at radius 3 is 2.50 bits per heavy atom. The van der Waals surface area contributed by atoms with Gasteiger partial charge in [0.1, 0.15) is 9.88 Å². The van der Waals surface area contributed by atoms with Gasteiger partial charge in [-0.1, -0.05) is 29.5 Å². The fraction of sp³-hybridized carbons (Fsp3) is 0.300. The molecule has 1 aromatic carbocycles. The first kappa shape index (κ1) is 23.4. The van der Waals surface area contributed by atoms with Gasteiger partial charge in [-0.3, -0.25) is 4.79 Å². The fourth-order valence-electron chi connectivity index (χ4n) is 2.99. The van der Waals surface area contributed by atoms with Gasteiger partial charge in [-0.15, -0.1) is 16.4 Å². The van der Waals surface area contributed by atoms with Crippen LogP contribution in [-0.2, 0) is 14.3 Å². The Morgan fingerprint density at radius 1 is 1.12 bits per heavy atom. The van der Waals surface area contributed by atoms with Gasteiger partial charge in [-0.2, -0.15) is 4.68 Å². The van der Waals surface area contributed by atoms with E-state index in [0.29, 0.717) is 10.7 Å². The number of esters is 2. The van der Waals surface area contributed by atoms with E-state index in [0.717, 1.165) is 39.9 Å². The van der Waals surface area contributed by atoms with Gasteiger partial charge >= 0.3 is 11.9 Å². The number of amides is 1. The van der Waals surface area contributed by atoms with Gasteiger partial charge in [0.25, 0.3) is 0 Å². The van der Waals surface area contributed by atoms with E-state index < -0.39 is 17.8 Å². The predicted molar refractivity (Wildman–Crippen MR) is 120 cm³/mol. The standard InChI is InChI=1S/C20H21N5O5S2/c1-10-6-7-13(11(2)8-10)25-20(22-23-24-25)31-9-14(26)21-17-15(18(27)29-4)12(3)16(32-17)19(28)30-5/h6-8H,9H2,1-5H3,(H,21,26). The summed E-state index contributed by atoms with van der Waals surface area (Å²) < 4.78 is 11.1. The topological polar surface area (TPSA) is 125 Å². The van der Waals surface area contributed by atoms with E-state index in [-0.39, 0.29) is 21.2 Å². The van der Waals surface area contributed by atoms with Crippen molar-refractivity contribution in [2.45, 2.75) is 25.9 Å². The number of benzene rings is 1. The van der Waals surface area contributed by atoms with Crippen LogP contribution in [0.2, 0.25) is 0 Å². The van der Waals surface area contributed by atoms with Crippen molar-refractivity contribution in [1.82, 2.24) is 20.2 Å². The Labute approximate surface area is 192 Å². The SMILES string of the molecule is COC(=O)c1sc(NC(=O)CSc2nnnn2-c2ccc(C)cc2C)c(C(=O)OC)c1C. The van der Waals surface area contributed by atoms with E-state index in [1.54, 1.807) is 11.6 Å². The maximum Gasteiger partial charge on any atom is 0.348 e. The van der Waals surface area contributed by atoms with E-state index >= 15 is 0 Å². The molecule has 2 aromatic heterocycles. The minimum atomic E-state index is -0.657. The zero-order chi connectivity index (χ0) is 23.4. The smallest absolute Gasteiger partial charge is 0.348 e. The van der Waals surface area contributed by atoms with E-state index in [4.69, 9.17) is 9.47 Å². The maximum atomic E-state index is 12.6. The van der Waals surface area contributed by atoms with E-state index in [1.807, 2.05) is 32.0 Å². The average molecular weight is 476 g/mol. The molecule has 0 aliphatic rings. The number of carbonyl (C=O) groups excluding carboxylic acids is 3. The van der Waals surface area contributed by atoms with Crippen molar-refractivity contribution in [3.05, 3.63) is 45.3 Å². The number of nitrogens with one attached hydrogen (secondary N) is 1. The fourth-order valence-corrected chi connectivity index (χ4v) is 4.81. The van der Waals surface area contributed by atoms with Crippen LogP contribution >= 0.6 is 23.1 Å². The number of rotatable bonds is 7. The Bertz CT molecular complexity index is 1190. The molecule has 0 saturated heterocycles. The lowest BCUT2D eigenvalue weighted by molar-refractivity contribution is -0.113. The molecule has 0 atom stereocenters. The lowest BCUT2D eigenvalue weighted by Crippen LogP contribution is -2.16. The molecule has 12 heteroatoms. The predicted octanol–water partition coefficient (Wildman–Crippen LogP) is 2.95. The van der Waals surface area contributed by atoms with Crippen LogP contribution in [0.3, 0.4) is 0 Å². The number of thiophene rings is 1. The van der Waals surface area contributed by atoms with E-state index in [2.05, 4.69) is 20.8 Å². The summed E-state index contributed by atoms with van der Waals surface area (Å²) in [6, 6.07) is 5.89. The molecule has 1 N–H and O–H groups in total. The molecule has 0 bridgehead atoms. The lowest BCUT2D eigenvalue weighted by atomic mass is 10.1. The Morgan fingerprint density at radius 2 is 1.84 bits per heavy atom. The first-order chi connectivity index (χ1) is 15.3. The highest BCUT2D eigenvalue weighted by Crippen LogP contribution is 2.34. The van der Waals surface area contributed by atoms with Gasteiger partial charge in [0.2, 0.25) is 11.1 Å². The summed E-state index contributed by atoms with van der Waals surface area (Å²) in [7, 11) is 2.47. The van der Waals surface area contributed by atoms with E-state index in [1.165, 1.54) is 14.2 Å². The largest absolute Gasteiger partial charge is 0.465 e. The number of nitrogens with zero attached hydrogens (tertiary/aromatic N) is 4. The second-order valence-electron chi connectivity index (χ2n) is 6.74. The molecular weight excluding hydrogens is 454 g/mol. The third-order valence-electron chi connectivity index (χ3n) is 4.51. The summed E-state index contributed by atoms with van der Waals surface area (Å²) >= 11 is 2.10. The second kappa shape index (κ2) is 9.92. The normalized spacial score (nSPS) is 10.7. The van der Waals surface area contributed by atoms with Gasteiger partial charge in [0.15, 0.2) is 0 Å². The molecule has 2 heterocycles. The third-order valence-corrected chi connectivity index (χ3v) is 6.62. The Kier molecular flexibility index (Phi) is 7.26. The molecule has 0 unspecified atom stereocenters. The summed E-state index contributed by atoms with van der Waals surface area (Å²) in [4.78, 5) is 37.0. The van der Waals surface area contributed by atoms with Gasteiger partial charge in [-0.25, -0.2) is 9.59 Å². The quantitative estimate of drug-likeness (QED) is 0.405. The molecule has 0 saturated carbocycles. The van der Waals surface area contributed by atoms with E-state index in [9.17, 15) is 14.4 Å². The highest BCUT2D eigenvalue weighted by atomic mass is 32.2. The number of thioether (sulfide) groups is 1. The average Bonchev–Trinajstić information content (AvgIpc) is 3.35. The Balaban J connectivity index is 1.77. The van der Waals surface area contributed by atoms with Gasteiger partial charge in [-0.05, 0) is 48.4 Å². The first-order valence-electron chi connectivity index (χ1n) is 9.35. The number of methoxy groups -OCH3 is 2. The molecule has 168 valence electrons. The van der Waals surface area contributed by atoms with Gasteiger partial charge < -0.3 is 14.8 Å². The number of carbonyl (C=O) groups is 3. The van der Waals surface area contributed by atoms with Crippen LogP contribution in [0.5, 0.6) is 0 Å². The van der Waals surface area contributed by atoms with Crippen molar-refractivity contribution in [2.24, 2.45) is 0 Å². The number of aromatic nitrogens is 4. The summed E-state index contributed by atoms with van der Waals surface area (Å²) in [6.07, 6.45) is 0. The van der Waals surface area contributed by atoms with Gasteiger partial charge in [0.05, 0.1) is 31.2 Å². The molecule has 1 amide bonds. The van der Waals surface area contributed by atoms with Crippen molar-refractivity contribution in [1.29, 1.82) is 0 Å². The number of ether oxygens (including phenoxy) is 2. The number of tetrazole rings is 1. The van der Waals surface area contributed by atoms with Crippen molar-refractivity contribution < 1.29 is 23.9 Å². The molecule has 3 rings (SSSR count). The molecule has 3 aromatic rings. The zero-order valence-corrected chi connectivity index (χ0v) is 19.7. The molecule has 0 aliphatic carbocycles. The molecule has 0 radical (unpaired) electrons. The number of hydrogen-bond acceptors (Lipinski definition) is 10. The van der Waals surface area contributed by atoms with Crippen LogP contribution < -0.4 is 5.32 Å². The number of aryl methyl sites for hydroxylation is 2. The van der Waals surface area contributed by atoms with Crippen molar-refractivity contribution in [2.75, 3.05) is 25.3 Å². The molecular formula is C20H21N5O5S2. The van der Waals surface area contributed by atoms with Crippen molar-refractivity contribution in [3.63, 3.8) is 0 Å². The van der Waals surface area contributed by atoms with Crippen LogP contribution in [0, 0.1) is 20.8 Å². The van der Waals surface area contributed by atoms with Crippen LogP contribution in [0.4, 0.5) is 5.00 Å². The van der Waals surface area contributed by atoms with Crippen molar-refractivity contribution >= 4 is 45.9 Å². The monoisotopic (exact) mass is 475 g/mol. The minimum absolute atomic E-state index is 0.0175. The van der Waals surface area contributed by atoms with Crippen molar-refractivity contribution in [3.8, 4) is 5.69 Å². The van der Waals surface area contributed by atoms with Gasteiger partial charge in [0, 0.05) is 0 Å². The van der Waals surface area contributed by atoms with Crippen LogP contribution in [0.25, 0.3) is 5.69 Å². The zero-order valence-electron chi connectivity index (χ0n) is 18.1. The summed E-state index contributed by atoms with van der Waals surface area (Å²) in [5, 5.41) is 15.1. The highest BCUT2D eigenvalue weighted by molar-refractivity contribution is 7.99. The number of hydrogen-bond donors (Lipinski definition) is 1. The Hall–Kier alpha value is -3.25. The van der Waals surface area contributed by atoms with Crippen LogP contribution in [0.1, 0.15) is 36.7 Å². The first-order valence-corrected chi connectivity index (χ1v) is 11.2. The summed E-state index contributed by atoms with van der Waals surface area (Å²) in [5.74, 6) is -1.67. The third kappa shape index (κ3) is 4.81. The molecule has 0 aliphatic heterocycles. The second-order valence-corrected chi connectivity index (χ2v) is 8.71.